The molecule has 0 aromatic carbocycles. The van der Waals surface area contributed by atoms with Gasteiger partial charge in [-0.3, -0.25) is 14.4 Å². The van der Waals surface area contributed by atoms with E-state index in [0.29, 0.717) is 25.0 Å². The molecule has 0 radical (unpaired) electrons. The lowest BCUT2D eigenvalue weighted by atomic mass is 9.96. The molecule has 0 saturated heterocycles. The van der Waals surface area contributed by atoms with Crippen LogP contribution in [0.2, 0.25) is 0 Å². The van der Waals surface area contributed by atoms with Crippen LogP contribution in [0.5, 0.6) is 0 Å². The molecule has 0 aromatic rings. The summed E-state index contributed by atoms with van der Waals surface area (Å²) in [7, 11) is 0. The van der Waals surface area contributed by atoms with Crippen LogP contribution in [0.25, 0.3) is 0 Å². The quantitative estimate of drug-likeness (QED) is 0.240. The fourth-order valence-electron chi connectivity index (χ4n) is 3.11. The number of carbonyl (C=O) groups is 4. The Labute approximate surface area is 196 Å². The van der Waals surface area contributed by atoms with E-state index in [0.717, 1.165) is 0 Å². The fourth-order valence-corrected chi connectivity index (χ4v) is 3.58. The summed E-state index contributed by atoms with van der Waals surface area (Å²) < 4.78 is 0. The highest BCUT2D eigenvalue weighted by atomic mass is 32.2. The molecule has 5 atom stereocenters. The molecule has 0 rings (SSSR count). The Morgan fingerprint density at radius 2 is 1.47 bits per heavy atom. The van der Waals surface area contributed by atoms with Crippen molar-refractivity contribution in [2.24, 2.45) is 23.5 Å². The van der Waals surface area contributed by atoms with Crippen LogP contribution < -0.4 is 21.7 Å². The first-order valence-electron chi connectivity index (χ1n) is 11.2. The molecular formula is C22H42N4O5S. The number of aliphatic carboxylic acids is 1. The van der Waals surface area contributed by atoms with Crippen molar-refractivity contribution in [1.29, 1.82) is 0 Å². The maximum atomic E-state index is 13.0. The van der Waals surface area contributed by atoms with Gasteiger partial charge in [0.1, 0.15) is 18.1 Å². The van der Waals surface area contributed by atoms with Gasteiger partial charge in [0.25, 0.3) is 0 Å². The van der Waals surface area contributed by atoms with Crippen LogP contribution in [0.1, 0.15) is 60.8 Å². The Hall–Kier alpha value is -1.81. The molecule has 9 nitrogen and oxygen atoms in total. The van der Waals surface area contributed by atoms with Crippen LogP contribution in [-0.2, 0) is 19.2 Å². The summed E-state index contributed by atoms with van der Waals surface area (Å²) in [6.45, 7) is 11.0. The zero-order chi connectivity index (χ0) is 25.0. The van der Waals surface area contributed by atoms with Gasteiger partial charge in [0.05, 0.1) is 6.04 Å². The van der Waals surface area contributed by atoms with Crippen LogP contribution in [0.15, 0.2) is 0 Å². The first-order chi connectivity index (χ1) is 14.8. The van der Waals surface area contributed by atoms with Gasteiger partial charge in [-0.05, 0) is 42.6 Å². The molecule has 32 heavy (non-hydrogen) atoms. The molecule has 6 N–H and O–H groups in total. The minimum Gasteiger partial charge on any atom is -0.480 e. The smallest absolute Gasteiger partial charge is 0.326 e. The Kier molecular flexibility index (Phi) is 14.2. The van der Waals surface area contributed by atoms with Crippen LogP contribution in [0, 0.1) is 17.8 Å². The predicted molar refractivity (Wildman–Crippen MR) is 128 cm³/mol. The molecule has 0 aliphatic carbocycles. The average molecular weight is 475 g/mol. The Morgan fingerprint density at radius 3 is 1.91 bits per heavy atom. The lowest BCUT2D eigenvalue weighted by Gasteiger charge is -2.29. The molecule has 0 heterocycles. The fraction of sp³-hybridized carbons (Fsp3) is 0.818. The van der Waals surface area contributed by atoms with Gasteiger partial charge in [0.2, 0.25) is 17.7 Å². The van der Waals surface area contributed by atoms with E-state index in [1.165, 1.54) is 11.8 Å². The minimum atomic E-state index is -1.13. The van der Waals surface area contributed by atoms with Crippen LogP contribution >= 0.6 is 11.8 Å². The predicted octanol–water partition coefficient (Wildman–Crippen LogP) is 1.35. The molecule has 3 amide bonds. The molecule has 0 bridgehead atoms. The molecular weight excluding hydrogens is 432 g/mol. The van der Waals surface area contributed by atoms with Gasteiger partial charge in [-0.25, -0.2) is 4.79 Å². The normalized spacial score (nSPS) is 16.1. The summed E-state index contributed by atoms with van der Waals surface area (Å²) in [5, 5.41) is 17.4. The second-order valence-electron chi connectivity index (χ2n) is 9.02. The summed E-state index contributed by atoms with van der Waals surface area (Å²) >= 11 is 1.54. The van der Waals surface area contributed by atoms with E-state index in [1.54, 1.807) is 13.8 Å². The second-order valence-corrected chi connectivity index (χ2v) is 10.0. The third-order valence-electron chi connectivity index (χ3n) is 5.33. The van der Waals surface area contributed by atoms with Crippen molar-refractivity contribution in [1.82, 2.24) is 16.0 Å². The number of thioether (sulfide) groups is 1. The minimum absolute atomic E-state index is 0.232. The number of carbonyl (C=O) groups excluding carboxylic acids is 3. The summed E-state index contributed by atoms with van der Waals surface area (Å²) in [5.74, 6) is -2.27. The van der Waals surface area contributed by atoms with E-state index in [9.17, 15) is 24.3 Å². The average Bonchev–Trinajstić information content (AvgIpc) is 2.70. The van der Waals surface area contributed by atoms with E-state index in [1.807, 2.05) is 34.0 Å². The zero-order valence-electron chi connectivity index (χ0n) is 20.4. The van der Waals surface area contributed by atoms with Crippen molar-refractivity contribution in [3.05, 3.63) is 0 Å². The van der Waals surface area contributed by atoms with E-state index >= 15 is 0 Å². The van der Waals surface area contributed by atoms with Crippen molar-refractivity contribution < 1.29 is 24.3 Å². The number of amides is 3. The Bertz CT molecular complexity index is 629. The van der Waals surface area contributed by atoms with E-state index < -0.39 is 47.9 Å². The third kappa shape index (κ3) is 10.7. The molecule has 0 fully saturated rings. The highest BCUT2D eigenvalue weighted by molar-refractivity contribution is 7.98. The van der Waals surface area contributed by atoms with Gasteiger partial charge in [-0.1, -0.05) is 48.0 Å². The third-order valence-corrected chi connectivity index (χ3v) is 5.97. The number of nitrogens with one attached hydrogen (secondary N) is 3. The van der Waals surface area contributed by atoms with Crippen LogP contribution in [0.4, 0.5) is 0 Å². The number of rotatable bonds is 15. The molecule has 0 aliphatic heterocycles. The number of hydrogen-bond acceptors (Lipinski definition) is 6. The first-order valence-corrected chi connectivity index (χ1v) is 12.6. The summed E-state index contributed by atoms with van der Waals surface area (Å²) in [4.78, 5) is 49.9. The number of carboxylic acids is 1. The molecule has 186 valence electrons. The molecule has 5 unspecified atom stereocenters. The van der Waals surface area contributed by atoms with Crippen molar-refractivity contribution in [2.75, 3.05) is 12.0 Å². The lowest BCUT2D eigenvalue weighted by Crippen LogP contribution is -2.59. The number of carboxylic acid groups (broad SMARTS) is 1. The summed E-state index contributed by atoms with van der Waals surface area (Å²) in [6, 6.07) is -3.55. The van der Waals surface area contributed by atoms with Gasteiger partial charge >= 0.3 is 5.97 Å². The zero-order valence-corrected chi connectivity index (χ0v) is 21.3. The van der Waals surface area contributed by atoms with Gasteiger partial charge in [-0.15, -0.1) is 0 Å². The van der Waals surface area contributed by atoms with Gasteiger partial charge in [0.15, 0.2) is 0 Å². The Morgan fingerprint density at radius 1 is 0.906 bits per heavy atom. The van der Waals surface area contributed by atoms with Crippen LogP contribution in [-0.4, -0.2) is 65.0 Å². The topological polar surface area (TPSA) is 151 Å². The first kappa shape index (κ1) is 30.2. The largest absolute Gasteiger partial charge is 0.480 e. The lowest BCUT2D eigenvalue weighted by molar-refractivity contribution is -0.144. The van der Waals surface area contributed by atoms with E-state index in [-0.39, 0.29) is 17.8 Å². The van der Waals surface area contributed by atoms with Crippen molar-refractivity contribution in [3.63, 3.8) is 0 Å². The molecule has 0 aromatic heterocycles. The van der Waals surface area contributed by atoms with E-state index in [4.69, 9.17) is 5.73 Å². The van der Waals surface area contributed by atoms with Gasteiger partial charge < -0.3 is 26.8 Å². The van der Waals surface area contributed by atoms with E-state index in [2.05, 4.69) is 16.0 Å². The number of hydrogen-bond donors (Lipinski definition) is 5. The molecule has 0 saturated carbocycles. The van der Waals surface area contributed by atoms with Crippen molar-refractivity contribution >= 4 is 35.5 Å². The highest BCUT2D eigenvalue weighted by Crippen LogP contribution is 2.12. The maximum Gasteiger partial charge on any atom is 0.326 e. The molecule has 0 spiro atoms. The van der Waals surface area contributed by atoms with Crippen molar-refractivity contribution in [2.45, 2.75) is 85.0 Å². The monoisotopic (exact) mass is 474 g/mol. The SMILES string of the molecule is CCC(C)C(NC(=O)C(CCSC)NC(=O)C(N)CC(C)C)C(=O)NC(C(=O)O)C(C)C. The van der Waals surface area contributed by atoms with Gasteiger partial charge in [-0.2, -0.15) is 11.8 Å². The Balaban J connectivity index is 5.49. The molecule has 0 aliphatic rings. The highest BCUT2D eigenvalue weighted by Gasteiger charge is 2.33. The summed E-state index contributed by atoms with van der Waals surface area (Å²) in [6.07, 6.45) is 3.37. The van der Waals surface area contributed by atoms with Crippen molar-refractivity contribution in [3.8, 4) is 0 Å². The molecule has 10 heteroatoms. The second kappa shape index (κ2) is 15.1. The standard InChI is InChI=1S/C22H42N4O5S/c1-8-14(6)18(21(29)25-17(13(4)5)22(30)31)26-20(28)16(9-10-32-7)24-19(27)15(23)11-12(2)3/h12-18H,8-11,23H2,1-7H3,(H,24,27)(H,25,29)(H,26,28)(H,30,31). The van der Waals surface area contributed by atoms with Crippen LogP contribution in [0.3, 0.4) is 0 Å². The maximum absolute atomic E-state index is 13.0. The van der Waals surface area contributed by atoms with Gasteiger partial charge in [0, 0.05) is 0 Å². The summed E-state index contributed by atoms with van der Waals surface area (Å²) in [5.41, 5.74) is 5.96. The number of nitrogens with two attached hydrogens (primary N) is 1.